The summed E-state index contributed by atoms with van der Waals surface area (Å²) in [5.74, 6) is 1.83. The molecule has 0 unspecified atom stereocenters. The highest BCUT2D eigenvalue weighted by Crippen LogP contribution is 2.33. The first-order chi connectivity index (χ1) is 14.2. The first kappa shape index (κ1) is 18.3. The second kappa shape index (κ2) is 7.93. The number of aromatic nitrogens is 4. The van der Waals surface area contributed by atoms with Gasteiger partial charge in [0.25, 0.3) is 0 Å². The normalized spacial score (nSPS) is 19.5. The molecule has 0 amide bonds. The van der Waals surface area contributed by atoms with Gasteiger partial charge in [-0.2, -0.15) is 5.10 Å². The molecule has 29 heavy (non-hydrogen) atoms. The van der Waals surface area contributed by atoms with Crippen LogP contribution in [0.2, 0.25) is 0 Å². The summed E-state index contributed by atoms with van der Waals surface area (Å²) < 4.78 is 7.17. The SMILES string of the molecule is O[C@@H]1CCCC[C@H]1Cc1nc2ccc(Oc3ccnc(-c4cn[nH]c4)c3)cc2s1. The number of thiazole rings is 1. The molecule has 1 saturated carbocycles. The predicted octanol–water partition coefficient (Wildman–Crippen LogP) is 4.97. The maximum Gasteiger partial charge on any atom is 0.131 e. The van der Waals surface area contributed by atoms with E-state index in [4.69, 9.17) is 9.72 Å². The molecule has 1 aliphatic carbocycles. The molecule has 1 aliphatic rings. The molecule has 0 radical (unpaired) electrons. The van der Waals surface area contributed by atoms with Crippen molar-refractivity contribution >= 4 is 21.6 Å². The number of ether oxygens (including phenoxy) is 1. The average Bonchev–Trinajstić information content (AvgIpc) is 3.39. The van der Waals surface area contributed by atoms with Gasteiger partial charge >= 0.3 is 0 Å². The highest BCUT2D eigenvalue weighted by Gasteiger charge is 2.24. The van der Waals surface area contributed by atoms with Crippen LogP contribution in [0, 0.1) is 5.92 Å². The number of benzene rings is 1. The average molecular weight is 407 g/mol. The number of nitrogens with one attached hydrogen (secondary N) is 1. The van der Waals surface area contributed by atoms with Crippen molar-refractivity contribution < 1.29 is 9.84 Å². The molecule has 2 atom stereocenters. The zero-order chi connectivity index (χ0) is 19.6. The Morgan fingerprint density at radius 3 is 2.90 bits per heavy atom. The first-order valence-corrected chi connectivity index (χ1v) is 10.8. The molecule has 0 saturated heterocycles. The van der Waals surface area contributed by atoms with Gasteiger partial charge in [0.1, 0.15) is 11.5 Å². The number of hydrogen-bond donors (Lipinski definition) is 2. The molecule has 0 spiro atoms. The topological polar surface area (TPSA) is 83.9 Å². The Kier molecular flexibility index (Phi) is 4.99. The fraction of sp³-hybridized carbons (Fsp3) is 0.318. The van der Waals surface area contributed by atoms with Crippen molar-refractivity contribution in [3.8, 4) is 22.8 Å². The second-order valence-electron chi connectivity index (χ2n) is 7.52. The Morgan fingerprint density at radius 2 is 2.03 bits per heavy atom. The Balaban J connectivity index is 1.34. The maximum atomic E-state index is 10.3. The summed E-state index contributed by atoms with van der Waals surface area (Å²) in [6.45, 7) is 0. The molecule has 1 fully saturated rings. The quantitative estimate of drug-likeness (QED) is 0.489. The molecule has 4 aromatic rings. The fourth-order valence-electron chi connectivity index (χ4n) is 3.91. The minimum absolute atomic E-state index is 0.189. The van der Waals surface area contributed by atoms with E-state index in [1.165, 1.54) is 6.42 Å². The van der Waals surface area contributed by atoms with Crippen molar-refractivity contribution in [1.82, 2.24) is 20.2 Å². The van der Waals surface area contributed by atoms with Crippen LogP contribution in [0.5, 0.6) is 11.5 Å². The monoisotopic (exact) mass is 406 g/mol. The third-order valence-electron chi connectivity index (χ3n) is 5.47. The van der Waals surface area contributed by atoms with Crippen LogP contribution >= 0.6 is 11.3 Å². The van der Waals surface area contributed by atoms with Crippen molar-refractivity contribution in [1.29, 1.82) is 0 Å². The fourth-order valence-corrected chi connectivity index (χ4v) is 5.00. The molecule has 2 N–H and O–H groups in total. The zero-order valence-corrected chi connectivity index (χ0v) is 16.7. The molecule has 3 aromatic heterocycles. The van der Waals surface area contributed by atoms with E-state index in [0.29, 0.717) is 5.92 Å². The molecule has 6 nitrogen and oxygen atoms in total. The molecule has 3 heterocycles. The third kappa shape index (κ3) is 4.02. The highest BCUT2D eigenvalue weighted by molar-refractivity contribution is 7.18. The van der Waals surface area contributed by atoms with E-state index in [0.717, 1.165) is 63.7 Å². The minimum atomic E-state index is -0.189. The maximum absolute atomic E-state index is 10.3. The van der Waals surface area contributed by atoms with E-state index in [1.807, 2.05) is 30.3 Å². The lowest BCUT2D eigenvalue weighted by Gasteiger charge is -2.26. The van der Waals surface area contributed by atoms with Gasteiger partial charge in [-0.05, 0) is 37.0 Å². The minimum Gasteiger partial charge on any atom is -0.457 e. The molecule has 0 aliphatic heterocycles. The molecule has 7 heteroatoms. The number of aliphatic hydroxyl groups excluding tert-OH is 1. The Hall–Kier alpha value is -2.77. The summed E-state index contributed by atoms with van der Waals surface area (Å²) in [5.41, 5.74) is 2.71. The van der Waals surface area contributed by atoms with Gasteiger partial charge in [-0.15, -0.1) is 11.3 Å². The van der Waals surface area contributed by atoms with Crippen molar-refractivity contribution in [2.45, 2.75) is 38.2 Å². The number of nitrogens with zero attached hydrogens (tertiary/aromatic N) is 3. The summed E-state index contributed by atoms with van der Waals surface area (Å²) in [4.78, 5) is 9.14. The molecule has 5 rings (SSSR count). The molecule has 0 bridgehead atoms. The number of pyridine rings is 1. The van der Waals surface area contributed by atoms with Crippen LogP contribution in [-0.2, 0) is 6.42 Å². The second-order valence-corrected chi connectivity index (χ2v) is 8.63. The van der Waals surface area contributed by atoms with E-state index in [9.17, 15) is 5.11 Å². The van der Waals surface area contributed by atoms with Gasteiger partial charge in [-0.1, -0.05) is 12.8 Å². The van der Waals surface area contributed by atoms with Gasteiger partial charge in [-0.3, -0.25) is 10.1 Å². The van der Waals surface area contributed by atoms with Gasteiger partial charge in [0, 0.05) is 36.5 Å². The molecule has 1 aromatic carbocycles. The first-order valence-electron chi connectivity index (χ1n) is 9.95. The van der Waals surface area contributed by atoms with Crippen LogP contribution in [0.4, 0.5) is 0 Å². The Labute approximate surface area is 172 Å². The number of aromatic amines is 1. The lowest BCUT2D eigenvalue weighted by Crippen LogP contribution is -2.26. The molecular formula is C22H22N4O2S. The van der Waals surface area contributed by atoms with Crippen LogP contribution < -0.4 is 4.74 Å². The van der Waals surface area contributed by atoms with Crippen LogP contribution in [0.1, 0.15) is 30.7 Å². The van der Waals surface area contributed by atoms with Crippen LogP contribution in [0.3, 0.4) is 0 Å². The standard InChI is InChI=1S/C22H22N4O2S/c27-20-4-2-1-3-14(20)9-22-26-18-6-5-16(11-21(18)29-22)28-17-7-8-23-19(10-17)15-12-24-25-13-15/h5-8,10-14,20,27H,1-4,9H2,(H,24,25)/t14-,20+/m0/s1. The number of hydrogen-bond acceptors (Lipinski definition) is 6. The van der Waals surface area contributed by atoms with Gasteiger partial charge in [-0.25, -0.2) is 4.98 Å². The van der Waals surface area contributed by atoms with Gasteiger partial charge in [0.05, 0.1) is 33.2 Å². The van der Waals surface area contributed by atoms with Crippen LogP contribution in [0.25, 0.3) is 21.5 Å². The van der Waals surface area contributed by atoms with Crippen LogP contribution in [-0.4, -0.2) is 31.4 Å². The molecule has 148 valence electrons. The predicted molar refractivity (Wildman–Crippen MR) is 113 cm³/mol. The summed E-state index contributed by atoms with van der Waals surface area (Å²) >= 11 is 1.69. The Morgan fingerprint density at radius 1 is 1.14 bits per heavy atom. The highest BCUT2D eigenvalue weighted by atomic mass is 32.1. The third-order valence-corrected chi connectivity index (χ3v) is 6.51. The molecular weight excluding hydrogens is 384 g/mol. The summed E-state index contributed by atoms with van der Waals surface area (Å²) in [6, 6.07) is 9.72. The number of aliphatic hydroxyl groups is 1. The number of rotatable bonds is 5. The van der Waals surface area contributed by atoms with Gasteiger partial charge < -0.3 is 9.84 Å². The van der Waals surface area contributed by atoms with Gasteiger partial charge in [0.2, 0.25) is 0 Å². The smallest absolute Gasteiger partial charge is 0.131 e. The number of fused-ring (bicyclic) bond motifs is 1. The van der Waals surface area contributed by atoms with Crippen molar-refractivity contribution in [2.75, 3.05) is 0 Å². The van der Waals surface area contributed by atoms with E-state index >= 15 is 0 Å². The zero-order valence-electron chi connectivity index (χ0n) is 15.9. The summed E-state index contributed by atoms with van der Waals surface area (Å²) in [7, 11) is 0. The van der Waals surface area contributed by atoms with E-state index < -0.39 is 0 Å². The van der Waals surface area contributed by atoms with Crippen molar-refractivity contribution in [2.24, 2.45) is 5.92 Å². The largest absolute Gasteiger partial charge is 0.457 e. The lowest BCUT2D eigenvalue weighted by molar-refractivity contribution is 0.0700. The summed E-state index contributed by atoms with van der Waals surface area (Å²) in [6.07, 6.45) is 10.3. The van der Waals surface area contributed by atoms with Crippen molar-refractivity contribution in [3.63, 3.8) is 0 Å². The summed E-state index contributed by atoms with van der Waals surface area (Å²) in [5, 5.41) is 18.1. The van der Waals surface area contributed by atoms with E-state index in [1.54, 1.807) is 29.9 Å². The van der Waals surface area contributed by atoms with Crippen molar-refractivity contribution in [3.05, 3.63) is 53.9 Å². The van der Waals surface area contributed by atoms with E-state index in [-0.39, 0.29) is 6.10 Å². The Bertz CT molecular complexity index is 1110. The number of H-pyrrole nitrogens is 1. The lowest BCUT2D eigenvalue weighted by atomic mass is 9.84. The van der Waals surface area contributed by atoms with E-state index in [2.05, 4.69) is 15.2 Å². The van der Waals surface area contributed by atoms with Gasteiger partial charge in [0.15, 0.2) is 0 Å². The van der Waals surface area contributed by atoms with Crippen LogP contribution in [0.15, 0.2) is 48.9 Å².